The molecule has 8 nitrogen and oxygen atoms in total. The molecule has 2 amide bonds. The second kappa shape index (κ2) is 9.51. The fraction of sp³-hybridized carbons (Fsp3) is 0.0476. The Balaban J connectivity index is 1.54. The minimum atomic E-state index is -4.14. The summed E-state index contributed by atoms with van der Waals surface area (Å²) in [6, 6.07) is 11.9. The number of hydrogen-bond donors (Lipinski definition) is 4. The number of nitrogens with zero attached hydrogens (tertiary/aromatic N) is 1. The van der Waals surface area contributed by atoms with Gasteiger partial charge in [-0.05, 0) is 48.5 Å². The number of thiophene rings is 1. The maximum Gasteiger partial charge on any atom is 0.333 e. The number of aromatic nitrogens is 1. The molecule has 0 unspecified atom stereocenters. The van der Waals surface area contributed by atoms with Crippen LogP contribution in [0.1, 0.15) is 0 Å². The van der Waals surface area contributed by atoms with Crippen LogP contribution in [0.3, 0.4) is 0 Å². The lowest BCUT2D eigenvalue weighted by Crippen LogP contribution is -2.33. The molecule has 4 rings (SSSR count). The largest absolute Gasteiger partial charge is 0.388 e. The molecule has 0 aliphatic heterocycles. The van der Waals surface area contributed by atoms with Gasteiger partial charge in [0.05, 0.1) is 5.02 Å². The van der Waals surface area contributed by atoms with E-state index in [2.05, 4.69) is 23.3 Å². The molecule has 0 bridgehead atoms. The minimum Gasteiger partial charge on any atom is -0.388 e. The van der Waals surface area contributed by atoms with Gasteiger partial charge in [-0.25, -0.2) is 17.9 Å². The zero-order chi connectivity index (χ0) is 24.6. The number of carbonyl (C=O) groups excluding carboxylic acids is 1. The Morgan fingerprint density at radius 2 is 1.71 bits per heavy atom. The summed E-state index contributed by atoms with van der Waals surface area (Å²) >= 11 is 16.8. The Bertz CT molecular complexity index is 1560. The van der Waals surface area contributed by atoms with Crippen LogP contribution in [0.4, 0.5) is 16.2 Å². The zero-order valence-corrected chi connectivity index (χ0v) is 21.3. The number of anilines is 2. The number of fused-ring (bicyclic) bond motifs is 1. The van der Waals surface area contributed by atoms with E-state index < -0.39 is 16.1 Å². The third kappa shape index (κ3) is 4.89. The van der Waals surface area contributed by atoms with E-state index in [1.54, 1.807) is 49.6 Å². The van der Waals surface area contributed by atoms with Crippen molar-refractivity contribution in [2.24, 2.45) is 0 Å². The van der Waals surface area contributed by atoms with Crippen molar-refractivity contribution in [3.05, 3.63) is 74.4 Å². The van der Waals surface area contributed by atoms with Crippen molar-refractivity contribution in [2.45, 2.75) is 9.10 Å². The average molecular weight is 555 g/mol. The first-order chi connectivity index (χ1) is 16.1. The smallest absolute Gasteiger partial charge is 0.333 e. The summed E-state index contributed by atoms with van der Waals surface area (Å²) in [5, 5.41) is 6.78. The van der Waals surface area contributed by atoms with Crippen molar-refractivity contribution < 1.29 is 13.2 Å². The maximum atomic E-state index is 13.0. The quantitative estimate of drug-likeness (QED) is 0.253. The van der Waals surface area contributed by atoms with Crippen molar-refractivity contribution in [1.29, 1.82) is 0 Å². The van der Waals surface area contributed by atoms with Gasteiger partial charge in [-0.3, -0.25) is 9.36 Å². The highest BCUT2D eigenvalue weighted by molar-refractivity contribution is 7.92. The highest BCUT2D eigenvalue weighted by atomic mass is 35.5. The van der Waals surface area contributed by atoms with Gasteiger partial charge in [0.25, 0.3) is 15.6 Å². The summed E-state index contributed by atoms with van der Waals surface area (Å²) in [6.07, 6.45) is 1.62. The minimum absolute atomic E-state index is 0.0822. The van der Waals surface area contributed by atoms with E-state index in [4.69, 9.17) is 23.2 Å². The Labute approximate surface area is 214 Å². The molecule has 0 saturated carbocycles. The van der Waals surface area contributed by atoms with Crippen LogP contribution in [0.15, 0.2) is 68.6 Å². The third-order valence-corrected chi connectivity index (χ3v) is 8.83. The predicted octanol–water partition coefficient (Wildman–Crippen LogP) is 5.20. The van der Waals surface area contributed by atoms with E-state index in [-0.39, 0.29) is 19.1 Å². The first-order valence-electron chi connectivity index (χ1n) is 9.54. The SMILES string of the molecule is CNc1ccc2c(=O)n(-c3ccc(NC(=O)NS(=O)(=O)c4cc(Cl)c(Cl)s4)cc3)cc(S)c2c1. The molecule has 2 aromatic heterocycles. The van der Waals surface area contributed by atoms with Crippen LogP contribution in [0.5, 0.6) is 0 Å². The average Bonchev–Trinajstić information content (AvgIpc) is 3.15. The summed E-state index contributed by atoms with van der Waals surface area (Å²) in [7, 11) is -2.35. The molecule has 0 saturated heterocycles. The number of halogens is 2. The van der Waals surface area contributed by atoms with Gasteiger partial charge >= 0.3 is 6.03 Å². The molecule has 2 heterocycles. The molecule has 0 fully saturated rings. The van der Waals surface area contributed by atoms with Crippen molar-refractivity contribution in [3.63, 3.8) is 0 Å². The standard InChI is InChI=1S/C21H16Cl2N4O4S3/c1-24-12-4-7-14-15(8-12)17(32)10-27(20(14)28)13-5-2-11(3-6-13)25-21(29)26-34(30,31)18-9-16(22)19(23)33-18/h2-10,24,32H,1H3,(H2,25,26,29). The molecule has 2 aromatic carbocycles. The number of rotatable bonds is 5. The highest BCUT2D eigenvalue weighted by Crippen LogP contribution is 2.34. The molecule has 3 N–H and O–H groups in total. The molecule has 176 valence electrons. The van der Waals surface area contributed by atoms with Crippen molar-refractivity contribution >= 4 is 85.4 Å². The van der Waals surface area contributed by atoms with Crippen molar-refractivity contribution in [1.82, 2.24) is 9.29 Å². The molecule has 0 atom stereocenters. The Morgan fingerprint density at radius 3 is 2.32 bits per heavy atom. The second-order valence-electron chi connectivity index (χ2n) is 6.99. The monoisotopic (exact) mass is 554 g/mol. The van der Waals surface area contributed by atoms with Crippen molar-refractivity contribution in [3.8, 4) is 5.69 Å². The molecule has 0 spiro atoms. The predicted molar refractivity (Wildman–Crippen MR) is 140 cm³/mol. The fourth-order valence-corrected chi connectivity index (χ4v) is 6.25. The molecular formula is C21H16Cl2N4O4S3. The van der Waals surface area contributed by atoms with Gasteiger partial charge in [-0.1, -0.05) is 23.2 Å². The first-order valence-corrected chi connectivity index (χ1v) is 13.0. The van der Waals surface area contributed by atoms with Gasteiger partial charge in [-0.2, -0.15) is 0 Å². The topological polar surface area (TPSA) is 109 Å². The summed E-state index contributed by atoms with van der Waals surface area (Å²) in [5.74, 6) is 0. The number of hydrogen-bond acceptors (Lipinski definition) is 7. The van der Waals surface area contributed by atoms with Gasteiger partial charge in [0.15, 0.2) is 0 Å². The summed E-state index contributed by atoms with van der Waals surface area (Å²) < 4.78 is 27.9. The number of carbonyl (C=O) groups is 1. The number of pyridine rings is 1. The number of urea groups is 1. The van der Waals surface area contributed by atoms with E-state index in [0.29, 0.717) is 21.7 Å². The van der Waals surface area contributed by atoms with Crippen LogP contribution >= 0.6 is 47.2 Å². The van der Waals surface area contributed by atoms with E-state index in [1.807, 2.05) is 10.8 Å². The summed E-state index contributed by atoms with van der Waals surface area (Å²) in [4.78, 5) is 25.8. The van der Waals surface area contributed by atoms with Crippen LogP contribution in [-0.4, -0.2) is 26.1 Å². The molecule has 13 heteroatoms. The van der Waals surface area contributed by atoms with Crippen LogP contribution in [0, 0.1) is 0 Å². The van der Waals surface area contributed by atoms with Crippen LogP contribution in [0.2, 0.25) is 9.36 Å². The van der Waals surface area contributed by atoms with Crippen LogP contribution in [0.25, 0.3) is 16.5 Å². The number of benzene rings is 2. The van der Waals surface area contributed by atoms with E-state index in [1.165, 1.54) is 4.57 Å². The number of amides is 2. The Morgan fingerprint density at radius 1 is 1.03 bits per heavy atom. The summed E-state index contributed by atoms with van der Waals surface area (Å²) in [6.45, 7) is 0. The van der Waals surface area contributed by atoms with E-state index in [9.17, 15) is 18.0 Å². The molecule has 34 heavy (non-hydrogen) atoms. The first kappa shape index (κ1) is 24.4. The molecule has 0 radical (unpaired) electrons. The highest BCUT2D eigenvalue weighted by Gasteiger charge is 2.22. The van der Waals surface area contributed by atoms with Gasteiger partial charge in [-0.15, -0.1) is 24.0 Å². The van der Waals surface area contributed by atoms with Crippen LogP contribution < -0.4 is 20.9 Å². The van der Waals surface area contributed by atoms with Gasteiger partial charge in [0.2, 0.25) is 0 Å². The van der Waals surface area contributed by atoms with Gasteiger partial charge < -0.3 is 10.6 Å². The van der Waals surface area contributed by atoms with Gasteiger partial charge in [0, 0.05) is 46.0 Å². The van der Waals surface area contributed by atoms with E-state index >= 15 is 0 Å². The lowest BCUT2D eigenvalue weighted by Gasteiger charge is -2.12. The van der Waals surface area contributed by atoms with E-state index in [0.717, 1.165) is 28.5 Å². The Kier molecular flexibility index (Phi) is 6.83. The third-order valence-electron chi connectivity index (χ3n) is 4.80. The number of sulfonamides is 1. The Hall–Kier alpha value is -2.70. The molecule has 0 aliphatic carbocycles. The van der Waals surface area contributed by atoms with Crippen LogP contribution in [-0.2, 0) is 10.0 Å². The lowest BCUT2D eigenvalue weighted by molar-refractivity contribution is 0.256. The fourth-order valence-electron chi connectivity index (χ4n) is 3.16. The normalized spacial score (nSPS) is 11.4. The number of nitrogens with one attached hydrogen (secondary N) is 3. The summed E-state index contributed by atoms with van der Waals surface area (Å²) in [5.41, 5.74) is 1.49. The van der Waals surface area contributed by atoms with Crippen molar-refractivity contribution in [2.75, 3.05) is 17.7 Å². The lowest BCUT2D eigenvalue weighted by atomic mass is 10.1. The van der Waals surface area contributed by atoms with Gasteiger partial charge in [0.1, 0.15) is 8.55 Å². The molecular weight excluding hydrogens is 539 g/mol. The second-order valence-corrected chi connectivity index (χ2v) is 11.4. The molecule has 0 aliphatic rings. The maximum absolute atomic E-state index is 13.0. The zero-order valence-electron chi connectivity index (χ0n) is 17.3. The molecule has 4 aromatic rings. The number of thiol groups is 1.